The molecular formula is C12H18N2O2S2. The zero-order chi connectivity index (χ0) is 13.9. The third-order valence-electron chi connectivity index (χ3n) is 2.74. The lowest BCUT2D eigenvalue weighted by molar-refractivity contribution is 0.556. The van der Waals surface area contributed by atoms with E-state index in [1.54, 1.807) is 19.1 Å². The van der Waals surface area contributed by atoms with Crippen molar-refractivity contribution in [1.82, 2.24) is 4.72 Å². The van der Waals surface area contributed by atoms with Gasteiger partial charge in [0.2, 0.25) is 10.0 Å². The van der Waals surface area contributed by atoms with Crippen LogP contribution in [0.25, 0.3) is 0 Å². The van der Waals surface area contributed by atoms with E-state index in [1.165, 1.54) is 6.07 Å². The molecule has 18 heavy (non-hydrogen) atoms. The molecule has 0 bridgehead atoms. The fourth-order valence-electron chi connectivity index (χ4n) is 1.50. The Morgan fingerprint density at radius 1 is 1.50 bits per heavy atom. The average Bonchev–Trinajstić information content (AvgIpc) is 2.27. The molecular weight excluding hydrogens is 268 g/mol. The molecule has 100 valence electrons. The van der Waals surface area contributed by atoms with Crippen molar-refractivity contribution in [3.63, 3.8) is 0 Å². The number of nitrogens with one attached hydrogen (secondary N) is 1. The largest absolute Gasteiger partial charge is 0.389 e. The van der Waals surface area contributed by atoms with Gasteiger partial charge in [0.05, 0.1) is 4.90 Å². The van der Waals surface area contributed by atoms with Crippen LogP contribution in [0.15, 0.2) is 23.1 Å². The molecule has 0 fully saturated rings. The zero-order valence-electron chi connectivity index (χ0n) is 10.7. The molecule has 0 saturated carbocycles. The first-order chi connectivity index (χ1) is 8.27. The number of nitrogens with two attached hydrogens (primary N) is 1. The van der Waals surface area contributed by atoms with Gasteiger partial charge in [-0.3, -0.25) is 0 Å². The van der Waals surface area contributed by atoms with Gasteiger partial charge in [-0.15, -0.1) is 0 Å². The van der Waals surface area contributed by atoms with Gasteiger partial charge in [0.15, 0.2) is 0 Å². The van der Waals surface area contributed by atoms with Crippen molar-refractivity contribution in [1.29, 1.82) is 0 Å². The highest BCUT2D eigenvalue weighted by Gasteiger charge is 2.17. The lowest BCUT2D eigenvalue weighted by atomic mass is 10.1. The maximum absolute atomic E-state index is 12.1. The van der Waals surface area contributed by atoms with E-state index >= 15 is 0 Å². The predicted molar refractivity (Wildman–Crippen MR) is 77.1 cm³/mol. The minimum atomic E-state index is -3.47. The summed E-state index contributed by atoms with van der Waals surface area (Å²) in [7, 11) is -3.47. The molecule has 0 radical (unpaired) electrons. The lowest BCUT2D eigenvalue weighted by Gasteiger charge is -2.13. The number of hydrogen-bond donors (Lipinski definition) is 2. The van der Waals surface area contributed by atoms with Gasteiger partial charge >= 0.3 is 0 Å². The normalized spacial score (nSPS) is 13.3. The molecule has 1 rings (SSSR count). The summed E-state index contributed by atoms with van der Waals surface area (Å²) in [6, 6.07) is 4.65. The van der Waals surface area contributed by atoms with Crippen LogP contribution < -0.4 is 10.5 Å². The van der Waals surface area contributed by atoms with Crippen LogP contribution in [0, 0.1) is 6.92 Å². The maximum atomic E-state index is 12.1. The van der Waals surface area contributed by atoms with Crippen molar-refractivity contribution in [3.05, 3.63) is 29.3 Å². The topological polar surface area (TPSA) is 72.2 Å². The number of rotatable bonds is 5. The van der Waals surface area contributed by atoms with Gasteiger partial charge in [0.25, 0.3) is 0 Å². The average molecular weight is 286 g/mol. The van der Waals surface area contributed by atoms with Crippen molar-refractivity contribution < 1.29 is 8.42 Å². The number of hydrogen-bond acceptors (Lipinski definition) is 3. The first-order valence-corrected chi connectivity index (χ1v) is 7.60. The molecule has 6 heteroatoms. The van der Waals surface area contributed by atoms with E-state index in [0.717, 1.165) is 12.0 Å². The van der Waals surface area contributed by atoms with Crippen LogP contribution in [0.3, 0.4) is 0 Å². The smallest absolute Gasteiger partial charge is 0.240 e. The summed E-state index contributed by atoms with van der Waals surface area (Å²) in [6.07, 6.45) is 0.739. The standard InChI is InChI=1S/C12H18N2O2S2/c1-4-9(3)14-18(15,16)10-5-6-11(12(13)17)8(2)7-10/h5-7,9,14H,4H2,1-3H3,(H2,13,17). The lowest BCUT2D eigenvalue weighted by Crippen LogP contribution is -2.32. The van der Waals surface area contributed by atoms with Crippen LogP contribution >= 0.6 is 12.2 Å². The van der Waals surface area contributed by atoms with Crippen LogP contribution in [0.2, 0.25) is 0 Å². The van der Waals surface area contributed by atoms with Crippen LogP contribution in [0.1, 0.15) is 31.4 Å². The van der Waals surface area contributed by atoms with Crippen molar-refractivity contribution in [2.75, 3.05) is 0 Å². The fourth-order valence-corrected chi connectivity index (χ4v) is 3.14. The van der Waals surface area contributed by atoms with Crippen LogP contribution in [-0.4, -0.2) is 19.4 Å². The summed E-state index contributed by atoms with van der Waals surface area (Å²) in [5, 5.41) is 0. The number of benzene rings is 1. The second kappa shape index (κ2) is 5.77. The highest BCUT2D eigenvalue weighted by atomic mass is 32.2. The molecule has 0 aliphatic rings. The van der Waals surface area contributed by atoms with Gasteiger partial charge < -0.3 is 5.73 Å². The highest BCUT2D eigenvalue weighted by Crippen LogP contribution is 2.16. The quantitative estimate of drug-likeness (QED) is 0.808. The molecule has 0 heterocycles. The van der Waals surface area contributed by atoms with Gasteiger partial charge in [-0.25, -0.2) is 13.1 Å². The molecule has 3 N–H and O–H groups in total. The van der Waals surface area contributed by atoms with E-state index in [2.05, 4.69) is 4.72 Å². The molecule has 0 spiro atoms. The Bertz CT molecular complexity index is 553. The second-order valence-corrected chi connectivity index (χ2v) is 6.43. The molecule has 0 aliphatic heterocycles. The van der Waals surface area contributed by atoms with Gasteiger partial charge in [0, 0.05) is 11.6 Å². The first kappa shape index (κ1) is 15.1. The SMILES string of the molecule is CCC(C)NS(=O)(=O)c1ccc(C(N)=S)c(C)c1. The van der Waals surface area contributed by atoms with Gasteiger partial charge in [-0.1, -0.05) is 25.2 Å². The summed E-state index contributed by atoms with van der Waals surface area (Å²) in [6.45, 7) is 5.54. The number of aryl methyl sites for hydroxylation is 1. The molecule has 1 aromatic rings. The van der Waals surface area contributed by atoms with E-state index in [0.29, 0.717) is 5.56 Å². The Morgan fingerprint density at radius 3 is 2.56 bits per heavy atom. The monoisotopic (exact) mass is 286 g/mol. The Kier molecular flexibility index (Phi) is 4.84. The summed E-state index contributed by atoms with van der Waals surface area (Å²) in [4.78, 5) is 0.506. The van der Waals surface area contributed by atoms with Crippen LogP contribution in [0.4, 0.5) is 0 Å². The molecule has 0 amide bonds. The van der Waals surface area contributed by atoms with Crippen molar-refractivity contribution in [2.45, 2.75) is 38.1 Å². The van der Waals surface area contributed by atoms with E-state index in [-0.39, 0.29) is 15.9 Å². The summed E-state index contributed by atoms with van der Waals surface area (Å²) < 4.78 is 26.7. The number of sulfonamides is 1. The van der Waals surface area contributed by atoms with Gasteiger partial charge in [-0.05, 0) is 38.0 Å². The van der Waals surface area contributed by atoms with Crippen molar-refractivity contribution in [2.24, 2.45) is 5.73 Å². The third-order valence-corrected chi connectivity index (χ3v) is 4.55. The molecule has 1 aromatic carbocycles. The van der Waals surface area contributed by atoms with E-state index in [4.69, 9.17) is 18.0 Å². The Balaban J connectivity index is 3.12. The first-order valence-electron chi connectivity index (χ1n) is 5.70. The van der Waals surface area contributed by atoms with E-state index < -0.39 is 10.0 Å². The van der Waals surface area contributed by atoms with Crippen LogP contribution in [0.5, 0.6) is 0 Å². The zero-order valence-corrected chi connectivity index (χ0v) is 12.4. The van der Waals surface area contributed by atoms with E-state index in [1.807, 2.05) is 13.8 Å². The van der Waals surface area contributed by atoms with Crippen LogP contribution in [-0.2, 0) is 10.0 Å². The molecule has 0 aliphatic carbocycles. The summed E-state index contributed by atoms with van der Waals surface area (Å²) in [5.41, 5.74) is 7.00. The Labute approximate surface area is 114 Å². The molecule has 4 nitrogen and oxygen atoms in total. The molecule has 1 atom stereocenters. The van der Waals surface area contributed by atoms with Crippen molar-refractivity contribution >= 4 is 27.2 Å². The minimum absolute atomic E-state index is 0.0921. The van der Waals surface area contributed by atoms with E-state index in [9.17, 15) is 8.42 Å². The molecule has 0 aromatic heterocycles. The Hall–Kier alpha value is -0.980. The third kappa shape index (κ3) is 3.51. The highest BCUT2D eigenvalue weighted by molar-refractivity contribution is 7.89. The summed E-state index contributed by atoms with van der Waals surface area (Å²) in [5.74, 6) is 0. The molecule has 1 unspecified atom stereocenters. The summed E-state index contributed by atoms with van der Waals surface area (Å²) >= 11 is 4.89. The Morgan fingerprint density at radius 2 is 2.11 bits per heavy atom. The van der Waals surface area contributed by atoms with Crippen molar-refractivity contribution in [3.8, 4) is 0 Å². The minimum Gasteiger partial charge on any atom is -0.389 e. The van der Waals surface area contributed by atoms with Gasteiger partial charge in [-0.2, -0.15) is 0 Å². The second-order valence-electron chi connectivity index (χ2n) is 4.27. The molecule has 0 saturated heterocycles. The fraction of sp³-hybridized carbons (Fsp3) is 0.417. The maximum Gasteiger partial charge on any atom is 0.240 e. The number of thiocarbonyl (C=S) groups is 1. The van der Waals surface area contributed by atoms with Gasteiger partial charge in [0.1, 0.15) is 4.99 Å². The predicted octanol–water partition coefficient (Wildman–Crippen LogP) is 1.71.